The van der Waals surface area contributed by atoms with Crippen molar-refractivity contribution in [3.05, 3.63) is 119 Å². The number of carbonyl (C=O) groups is 2. The van der Waals surface area contributed by atoms with Crippen LogP contribution in [-0.2, 0) is 13.2 Å². The average molecular weight is 420 g/mol. The number of fused-ring (bicyclic) bond motifs is 3. The number of aromatic nitrogens is 1. The molecule has 0 saturated heterocycles. The van der Waals surface area contributed by atoms with Gasteiger partial charge in [-0.3, -0.25) is 14.6 Å². The number of nitrogens with zero attached hydrogens (tertiary/aromatic N) is 1. The first-order valence-corrected chi connectivity index (χ1v) is 10.4. The van der Waals surface area contributed by atoms with Crippen molar-refractivity contribution in [1.82, 2.24) is 10.3 Å². The Hall–Kier alpha value is -4.25. The fraction of sp³-hybridized carbons (Fsp3) is 0.0741. The number of ketones is 1. The van der Waals surface area contributed by atoms with E-state index in [4.69, 9.17) is 4.74 Å². The van der Waals surface area contributed by atoms with E-state index in [0.717, 1.165) is 28.1 Å². The van der Waals surface area contributed by atoms with Gasteiger partial charge in [-0.15, -0.1) is 0 Å². The van der Waals surface area contributed by atoms with E-state index in [9.17, 15) is 9.59 Å². The van der Waals surface area contributed by atoms with Gasteiger partial charge in [0.25, 0.3) is 5.91 Å². The van der Waals surface area contributed by atoms with Crippen LogP contribution < -0.4 is 10.1 Å². The number of amides is 1. The molecule has 1 aromatic heterocycles. The topological polar surface area (TPSA) is 68.3 Å². The Kier molecular flexibility index (Phi) is 5.22. The molecule has 0 bridgehead atoms. The third kappa shape index (κ3) is 3.88. The summed E-state index contributed by atoms with van der Waals surface area (Å²) in [6.07, 6.45) is 1.74. The molecule has 1 N–H and O–H groups in total. The number of ether oxygens (including phenoxy) is 1. The molecule has 1 amide bonds. The maximum absolute atomic E-state index is 12.7. The van der Waals surface area contributed by atoms with Gasteiger partial charge in [0, 0.05) is 29.4 Å². The van der Waals surface area contributed by atoms with Crippen LogP contribution in [0.3, 0.4) is 0 Å². The minimum absolute atomic E-state index is 0.0356. The lowest BCUT2D eigenvalue weighted by molar-refractivity contribution is 0.0951. The molecule has 4 aromatic rings. The Morgan fingerprint density at radius 3 is 2.34 bits per heavy atom. The Labute approximate surface area is 185 Å². The molecule has 3 aromatic carbocycles. The molecule has 32 heavy (non-hydrogen) atoms. The third-order valence-corrected chi connectivity index (χ3v) is 5.48. The van der Waals surface area contributed by atoms with Gasteiger partial charge in [-0.25, -0.2) is 0 Å². The number of pyridine rings is 1. The Morgan fingerprint density at radius 1 is 0.812 bits per heavy atom. The molecule has 156 valence electrons. The summed E-state index contributed by atoms with van der Waals surface area (Å²) < 4.78 is 5.74. The Morgan fingerprint density at radius 2 is 1.56 bits per heavy atom. The van der Waals surface area contributed by atoms with Gasteiger partial charge in [0.1, 0.15) is 12.4 Å². The SMILES string of the molecule is O=C(NCc1ccc(OCc2ccccn2)cc1)c1ccc2c(c1)C(=O)c1ccccc1-2. The molecular formula is C27H20N2O3. The average Bonchev–Trinajstić information content (AvgIpc) is 3.14. The van der Waals surface area contributed by atoms with E-state index in [2.05, 4.69) is 10.3 Å². The zero-order valence-electron chi connectivity index (χ0n) is 17.2. The molecule has 1 aliphatic rings. The third-order valence-electron chi connectivity index (χ3n) is 5.48. The summed E-state index contributed by atoms with van der Waals surface area (Å²) in [4.78, 5) is 29.6. The number of rotatable bonds is 6. The second-order valence-corrected chi connectivity index (χ2v) is 7.57. The van der Waals surface area contributed by atoms with Crippen molar-refractivity contribution in [2.24, 2.45) is 0 Å². The van der Waals surface area contributed by atoms with Crippen LogP contribution in [0, 0.1) is 0 Å². The first-order chi connectivity index (χ1) is 15.7. The minimum Gasteiger partial charge on any atom is -0.487 e. The van der Waals surface area contributed by atoms with Crippen molar-refractivity contribution in [3.63, 3.8) is 0 Å². The van der Waals surface area contributed by atoms with E-state index in [1.54, 1.807) is 18.3 Å². The van der Waals surface area contributed by atoms with Crippen LogP contribution in [0.1, 0.15) is 37.5 Å². The molecule has 5 rings (SSSR count). The first kappa shape index (κ1) is 19.7. The molecule has 0 atom stereocenters. The lowest BCUT2D eigenvalue weighted by atomic mass is 10.0. The number of nitrogens with one attached hydrogen (secondary N) is 1. The molecule has 0 fully saturated rings. The molecular weight excluding hydrogens is 400 g/mol. The highest BCUT2D eigenvalue weighted by Crippen LogP contribution is 2.36. The molecule has 1 heterocycles. The summed E-state index contributed by atoms with van der Waals surface area (Å²) in [6.45, 7) is 0.780. The van der Waals surface area contributed by atoms with Crippen LogP contribution in [0.15, 0.2) is 91.1 Å². The normalized spacial score (nSPS) is 11.6. The smallest absolute Gasteiger partial charge is 0.251 e. The van der Waals surface area contributed by atoms with Crippen molar-refractivity contribution in [2.75, 3.05) is 0 Å². The lowest BCUT2D eigenvalue weighted by Crippen LogP contribution is -2.23. The molecule has 0 spiro atoms. The van der Waals surface area contributed by atoms with Crippen LogP contribution in [0.4, 0.5) is 0 Å². The summed E-state index contributed by atoms with van der Waals surface area (Å²) in [6, 6.07) is 26.1. The van der Waals surface area contributed by atoms with Crippen molar-refractivity contribution in [2.45, 2.75) is 13.2 Å². The molecule has 5 nitrogen and oxygen atoms in total. The van der Waals surface area contributed by atoms with Gasteiger partial charge in [0.2, 0.25) is 0 Å². The summed E-state index contributed by atoms with van der Waals surface area (Å²) in [5.41, 5.74) is 5.35. The predicted octanol–water partition coefficient (Wildman–Crippen LogP) is 4.80. The number of hydrogen-bond acceptors (Lipinski definition) is 4. The van der Waals surface area contributed by atoms with Gasteiger partial charge >= 0.3 is 0 Å². The van der Waals surface area contributed by atoms with Crippen LogP contribution in [0.25, 0.3) is 11.1 Å². The van der Waals surface area contributed by atoms with Crippen LogP contribution >= 0.6 is 0 Å². The summed E-state index contributed by atoms with van der Waals surface area (Å²) in [5, 5.41) is 2.92. The van der Waals surface area contributed by atoms with Gasteiger partial charge in [0.05, 0.1) is 5.69 Å². The van der Waals surface area contributed by atoms with Gasteiger partial charge < -0.3 is 10.1 Å². The molecule has 0 unspecified atom stereocenters. The maximum Gasteiger partial charge on any atom is 0.251 e. The van der Waals surface area contributed by atoms with Gasteiger partial charge in [-0.2, -0.15) is 0 Å². The van der Waals surface area contributed by atoms with E-state index in [1.165, 1.54) is 0 Å². The summed E-state index contributed by atoms with van der Waals surface area (Å²) in [7, 11) is 0. The van der Waals surface area contributed by atoms with E-state index in [0.29, 0.717) is 29.8 Å². The highest BCUT2D eigenvalue weighted by molar-refractivity contribution is 6.22. The molecule has 0 saturated carbocycles. The fourth-order valence-corrected chi connectivity index (χ4v) is 3.80. The highest BCUT2D eigenvalue weighted by atomic mass is 16.5. The standard InChI is InChI=1S/C27H20N2O3/c30-26-24-7-2-1-6-22(24)23-13-10-19(15-25(23)26)27(31)29-16-18-8-11-21(12-9-18)32-17-20-5-3-4-14-28-20/h1-15H,16-17H2,(H,29,31). The fourth-order valence-electron chi connectivity index (χ4n) is 3.80. The largest absolute Gasteiger partial charge is 0.487 e. The van der Waals surface area contributed by atoms with E-state index >= 15 is 0 Å². The number of hydrogen-bond donors (Lipinski definition) is 1. The second kappa shape index (κ2) is 8.47. The lowest BCUT2D eigenvalue weighted by Gasteiger charge is -2.09. The summed E-state index contributed by atoms with van der Waals surface area (Å²) >= 11 is 0. The Balaban J connectivity index is 1.21. The zero-order valence-corrected chi connectivity index (χ0v) is 17.2. The summed E-state index contributed by atoms with van der Waals surface area (Å²) in [5.74, 6) is 0.487. The number of benzene rings is 3. The van der Waals surface area contributed by atoms with E-state index in [1.807, 2.05) is 72.8 Å². The van der Waals surface area contributed by atoms with Crippen molar-refractivity contribution < 1.29 is 14.3 Å². The van der Waals surface area contributed by atoms with Crippen LogP contribution in [-0.4, -0.2) is 16.7 Å². The molecule has 5 heteroatoms. The number of carbonyl (C=O) groups excluding carboxylic acids is 2. The highest BCUT2D eigenvalue weighted by Gasteiger charge is 2.26. The van der Waals surface area contributed by atoms with E-state index in [-0.39, 0.29) is 11.7 Å². The zero-order chi connectivity index (χ0) is 21.9. The predicted molar refractivity (Wildman–Crippen MR) is 121 cm³/mol. The van der Waals surface area contributed by atoms with E-state index < -0.39 is 0 Å². The Bertz CT molecular complexity index is 1300. The minimum atomic E-state index is -0.216. The quantitative estimate of drug-likeness (QED) is 0.428. The molecule has 1 aliphatic carbocycles. The van der Waals surface area contributed by atoms with Gasteiger partial charge in [-0.1, -0.05) is 48.5 Å². The van der Waals surface area contributed by atoms with Crippen molar-refractivity contribution in [1.29, 1.82) is 0 Å². The molecule has 0 aliphatic heterocycles. The van der Waals surface area contributed by atoms with Gasteiger partial charge in [-0.05, 0) is 53.1 Å². The van der Waals surface area contributed by atoms with Crippen LogP contribution in [0.2, 0.25) is 0 Å². The van der Waals surface area contributed by atoms with Crippen LogP contribution in [0.5, 0.6) is 5.75 Å². The van der Waals surface area contributed by atoms with Crippen molar-refractivity contribution in [3.8, 4) is 16.9 Å². The first-order valence-electron chi connectivity index (χ1n) is 10.4. The second-order valence-electron chi connectivity index (χ2n) is 7.57. The van der Waals surface area contributed by atoms with Gasteiger partial charge in [0.15, 0.2) is 5.78 Å². The monoisotopic (exact) mass is 420 g/mol. The van der Waals surface area contributed by atoms with Crippen molar-refractivity contribution >= 4 is 11.7 Å². The maximum atomic E-state index is 12.7. The molecule has 0 radical (unpaired) electrons.